The third kappa shape index (κ3) is 4.01. The first-order valence-electron chi connectivity index (χ1n) is 9.69. The van der Waals surface area contributed by atoms with E-state index in [-0.39, 0.29) is 0 Å². The average molecular weight is 437 g/mol. The zero-order valence-corrected chi connectivity index (χ0v) is 18.5. The van der Waals surface area contributed by atoms with E-state index < -0.39 is 5.60 Å². The van der Waals surface area contributed by atoms with Crippen molar-refractivity contribution in [1.82, 2.24) is 9.78 Å². The van der Waals surface area contributed by atoms with Gasteiger partial charge in [0.2, 0.25) is 0 Å². The van der Waals surface area contributed by atoms with Crippen LogP contribution in [0.3, 0.4) is 0 Å². The monoisotopic (exact) mass is 436 g/mol. The maximum absolute atomic E-state index is 10.5. The molecule has 0 aliphatic rings. The number of hydrogen-bond acceptors (Lipinski definition) is 2. The van der Waals surface area contributed by atoms with E-state index in [0.717, 1.165) is 16.8 Å². The van der Waals surface area contributed by atoms with Gasteiger partial charge in [-0.05, 0) is 50.1 Å². The Morgan fingerprint density at radius 2 is 1.40 bits per heavy atom. The van der Waals surface area contributed by atoms with Crippen LogP contribution in [0.2, 0.25) is 10.0 Å². The van der Waals surface area contributed by atoms with Crippen molar-refractivity contribution in [2.24, 2.45) is 0 Å². The summed E-state index contributed by atoms with van der Waals surface area (Å²) < 4.78 is 1.71. The third-order valence-electron chi connectivity index (χ3n) is 5.02. The highest BCUT2D eigenvalue weighted by atomic mass is 35.5. The van der Waals surface area contributed by atoms with Crippen LogP contribution in [-0.2, 0) is 5.60 Å². The summed E-state index contributed by atoms with van der Waals surface area (Å²) in [5.41, 5.74) is 5.30. The van der Waals surface area contributed by atoms with Gasteiger partial charge in [0, 0.05) is 5.56 Å². The van der Waals surface area contributed by atoms with Crippen molar-refractivity contribution >= 4 is 23.2 Å². The van der Waals surface area contributed by atoms with E-state index >= 15 is 0 Å². The first-order chi connectivity index (χ1) is 14.2. The molecule has 0 saturated carbocycles. The summed E-state index contributed by atoms with van der Waals surface area (Å²) in [5, 5.41) is 16.2. The lowest BCUT2D eigenvalue weighted by atomic mass is 10.0. The molecule has 1 aromatic heterocycles. The molecule has 152 valence electrons. The zero-order valence-electron chi connectivity index (χ0n) is 17.0. The minimum atomic E-state index is -1.10. The fourth-order valence-electron chi connectivity index (χ4n) is 3.41. The van der Waals surface area contributed by atoms with E-state index in [1.54, 1.807) is 36.7 Å². The Hall–Kier alpha value is -2.59. The summed E-state index contributed by atoms with van der Waals surface area (Å²) in [5.74, 6) is 0. The molecule has 3 nitrogen and oxygen atoms in total. The van der Waals surface area contributed by atoms with Crippen molar-refractivity contribution in [3.8, 4) is 28.1 Å². The van der Waals surface area contributed by atoms with Crippen LogP contribution in [0.1, 0.15) is 25.1 Å². The van der Waals surface area contributed by atoms with Gasteiger partial charge in [-0.1, -0.05) is 83.4 Å². The van der Waals surface area contributed by atoms with Gasteiger partial charge in [-0.2, -0.15) is 5.10 Å². The summed E-state index contributed by atoms with van der Waals surface area (Å²) in [6.45, 7) is 5.50. The first kappa shape index (κ1) is 20.7. The molecule has 1 N–H and O–H groups in total. The Balaban J connectivity index is 1.85. The molecule has 1 heterocycles. The molecule has 0 aliphatic heterocycles. The second kappa shape index (κ2) is 7.92. The molecule has 0 radical (unpaired) electrons. The number of aryl methyl sites for hydroxylation is 1. The molecule has 0 atom stereocenters. The van der Waals surface area contributed by atoms with E-state index in [9.17, 15) is 5.11 Å². The Bertz CT molecular complexity index is 1180. The fourth-order valence-corrected chi connectivity index (χ4v) is 3.96. The van der Waals surface area contributed by atoms with Gasteiger partial charge in [-0.25, -0.2) is 4.68 Å². The molecule has 30 heavy (non-hydrogen) atoms. The summed E-state index contributed by atoms with van der Waals surface area (Å²) in [6, 6.07) is 23.9. The molecule has 0 spiro atoms. The molecule has 5 heteroatoms. The Morgan fingerprint density at radius 3 is 2.00 bits per heavy atom. The van der Waals surface area contributed by atoms with Crippen molar-refractivity contribution in [1.29, 1.82) is 0 Å². The SMILES string of the molecule is Cc1cccc(-c2ccc(-c3cc(C(C)(C)O)nn3-c3c(Cl)cccc3Cl)cc2)c1. The van der Waals surface area contributed by atoms with Gasteiger partial charge in [-0.3, -0.25) is 0 Å². The van der Waals surface area contributed by atoms with Gasteiger partial charge in [-0.15, -0.1) is 0 Å². The summed E-state index contributed by atoms with van der Waals surface area (Å²) in [7, 11) is 0. The quantitative estimate of drug-likeness (QED) is 0.372. The summed E-state index contributed by atoms with van der Waals surface area (Å²) in [6.07, 6.45) is 0. The van der Waals surface area contributed by atoms with Crippen LogP contribution >= 0.6 is 23.2 Å². The number of para-hydroxylation sites is 1. The molecule has 4 aromatic rings. The van der Waals surface area contributed by atoms with Crippen molar-refractivity contribution in [3.05, 3.63) is 94.1 Å². The van der Waals surface area contributed by atoms with Gasteiger partial charge in [0.25, 0.3) is 0 Å². The molecule has 4 rings (SSSR count). The molecule has 0 fully saturated rings. The number of aromatic nitrogens is 2. The predicted octanol–water partition coefficient (Wildman–Crippen LogP) is 7.05. The van der Waals surface area contributed by atoms with Crippen LogP contribution in [0.15, 0.2) is 72.8 Å². The van der Waals surface area contributed by atoms with Crippen LogP contribution in [0.4, 0.5) is 0 Å². The molecular weight excluding hydrogens is 415 g/mol. The van der Waals surface area contributed by atoms with E-state index in [0.29, 0.717) is 21.4 Å². The van der Waals surface area contributed by atoms with E-state index in [1.165, 1.54) is 11.1 Å². The second-order valence-corrected chi connectivity index (χ2v) is 8.72. The van der Waals surface area contributed by atoms with Gasteiger partial charge in [0.1, 0.15) is 11.3 Å². The summed E-state index contributed by atoms with van der Waals surface area (Å²) >= 11 is 12.9. The highest BCUT2D eigenvalue weighted by Crippen LogP contribution is 2.35. The molecular formula is C25H22Cl2N2O. The third-order valence-corrected chi connectivity index (χ3v) is 5.63. The number of nitrogens with zero attached hydrogens (tertiary/aromatic N) is 2. The Labute approximate surface area is 186 Å². The standard InChI is InChI=1S/C25H22Cl2N2O/c1-16-6-4-7-19(14-16)17-10-12-18(13-11-17)22-15-23(25(2,3)30)28-29(22)24-20(26)8-5-9-21(24)27/h4-15,30H,1-3H3. The highest BCUT2D eigenvalue weighted by molar-refractivity contribution is 6.37. The van der Waals surface area contributed by atoms with E-state index in [2.05, 4.69) is 48.4 Å². The second-order valence-electron chi connectivity index (χ2n) is 7.90. The minimum absolute atomic E-state index is 0.491. The van der Waals surface area contributed by atoms with Crippen LogP contribution in [0.5, 0.6) is 0 Å². The Morgan fingerprint density at radius 1 is 0.800 bits per heavy atom. The number of aliphatic hydroxyl groups is 1. The van der Waals surface area contributed by atoms with Gasteiger partial charge < -0.3 is 5.11 Å². The lowest BCUT2D eigenvalue weighted by molar-refractivity contribution is 0.0734. The van der Waals surface area contributed by atoms with Gasteiger partial charge in [0.15, 0.2) is 0 Å². The van der Waals surface area contributed by atoms with Crippen LogP contribution < -0.4 is 0 Å². The number of hydrogen-bond donors (Lipinski definition) is 1. The lowest BCUT2D eigenvalue weighted by Crippen LogP contribution is -2.16. The first-order valence-corrected chi connectivity index (χ1v) is 10.4. The van der Waals surface area contributed by atoms with E-state index in [4.69, 9.17) is 23.2 Å². The maximum atomic E-state index is 10.5. The van der Waals surface area contributed by atoms with Crippen molar-refractivity contribution in [2.45, 2.75) is 26.4 Å². The van der Waals surface area contributed by atoms with Crippen LogP contribution in [0, 0.1) is 6.92 Å². The molecule has 0 unspecified atom stereocenters. The van der Waals surface area contributed by atoms with Crippen molar-refractivity contribution in [2.75, 3.05) is 0 Å². The van der Waals surface area contributed by atoms with E-state index in [1.807, 2.05) is 18.2 Å². The highest BCUT2D eigenvalue weighted by Gasteiger charge is 2.24. The van der Waals surface area contributed by atoms with Crippen molar-refractivity contribution in [3.63, 3.8) is 0 Å². The smallest absolute Gasteiger partial charge is 0.103 e. The van der Waals surface area contributed by atoms with Crippen molar-refractivity contribution < 1.29 is 5.11 Å². The minimum Gasteiger partial charge on any atom is -0.384 e. The number of rotatable bonds is 4. The molecule has 3 aromatic carbocycles. The number of benzene rings is 3. The maximum Gasteiger partial charge on any atom is 0.103 e. The van der Waals surface area contributed by atoms with Crippen LogP contribution in [0.25, 0.3) is 28.1 Å². The molecule has 0 saturated heterocycles. The topological polar surface area (TPSA) is 38.1 Å². The van der Waals surface area contributed by atoms with Crippen LogP contribution in [-0.4, -0.2) is 14.9 Å². The molecule has 0 bridgehead atoms. The predicted molar refractivity (Wildman–Crippen MR) is 124 cm³/mol. The zero-order chi connectivity index (χ0) is 21.5. The Kier molecular flexibility index (Phi) is 5.46. The molecule has 0 aliphatic carbocycles. The molecule has 0 amide bonds. The largest absolute Gasteiger partial charge is 0.384 e. The normalized spacial score (nSPS) is 11.7. The number of halogens is 2. The average Bonchev–Trinajstić information content (AvgIpc) is 3.13. The fraction of sp³-hybridized carbons (Fsp3) is 0.160. The van der Waals surface area contributed by atoms with Gasteiger partial charge in [0.05, 0.1) is 21.4 Å². The van der Waals surface area contributed by atoms with Gasteiger partial charge >= 0.3 is 0 Å². The lowest BCUT2D eigenvalue weighted by Gasteiger charge is -2.14. The summed E-state index contributed by atoms with van der Waals surface area (Å²) in [4.78, 5) is 0.